The Morgan fingerprint density at radius 2 is 1.84 bits per heavy atom. The molecule has 0 aliphatic heterocycles. The van der Waals surface area contributed by atoms with Crippen molar-refractivity contribution in [2.24, 2.45) is 0 Å². The molecule has 0 saturated heterocycles. The highest BCUT2D eigenvalue weighted by Crippen LogP contribution is 2.20. The first-order valence-electron chi connectivity index (χ1n) is 7.59. The van der Waals surface area contributed by atoms with Gasteiger partial charge in [-0.15, -0.1) is 0 Å². The van der Waals surface area contributed by atoms with Gasteiger partial charge < -0.3 is 4.52 Å². The number of nitrogens with one attached hydrogen (secondary N) is 1. The van der Waals surface area contributed by atoms with E-state index in [2.05, 4.69) is 14.9 Å². The molecule has 0 spiro atoms. The first-order valence-corrected chi connectivity index (χ1v) is 9.46. The number of rotatable bonds is 6. The molecule has 2 aromatic carbocycles. The van der Waals surface area contributed by atoms with E-state index in [9.17, 15) is 8.42 Å². The van der Waals surface area contributed by atoms with E-state index in [1.807, 2.05) is 31.2 Å². The molecule has 0 bridgehead atoms. The SMILES string of the molecule is Cc1ccccc1-c1noc(CCNS(=O)(=O)c2ccc(Cl)cc2)n1. The smallest absolute Gasteiger partial charge is 0.240 e. The van der Waals surface area contributed by atoms with Crippen LogP contribution in [0.5, 0.6) is 0 Å². The molecule has 0 aliphatic carbocycles. The molecule has 1 N–H and O–H groups in total. The number of benzene rings is 2. The van der Waals surface area contributed by atoms with Crippen molar-refractivity contribution in [3.05, 3.63) is 65.0 Å². The highest BCUT2D eigenvalue weighted by atomic mass is 35.5. The predicted octanol–water partition coefficient (Wildman–Crippen LogP) is 3.22. The first-order chi connectivity index (χ1) is 12.0. The lowest BCUT2D eigenvalue weighted by Gasteiger charge is -2.05. The summed E-state index contributed by atoms with van der Waals surface area (Å²) in [6.45, 7) is 2.12. The highest BCUT2D eigenvalue weighted by molar-refractivity contribution is 7.89. The summed E-state index contributed by atoms with van der Waals surface area (Å²) >= 11 is 5.77. The highest BCUT2D eigenvalue weighted by Gasteiger charge is 2.15. The molecule has 0 aliphatic rings. The van der Waals surface area contributed by atoms with Gasteiger partial charge >= 0.3 is 0 Å². The molecule has 1 heterocycles. The molecule has 25 heavy (non-hydrogen) atoms. The van der Waals surface area contributed by atoms with E-state index < -0.39 is 10.0 Å². The number of sulfonamides is 1. The second-order valence-electron chi connectivity index (χ2n) is 5.43. The van der Waals surface area contributed by atoms with Crippen LogP contribution in [-0.4, -0.2) is 25.1 Å². The van der Waals surface area contributed by atoms with E-state index in [1.165, 1.54) is 24.3 Å². The van der Waals surface area contributed by atoms with Gasteiger partial charge in [0.1, 0.15) is 0 Å². The van der Waals surface area contributed by atoms with Gasteiger partial charge in [-0.1, -0.05) is 41.0 Å². The van der Waals surface area contributed by atoms with Gasteiger partial charge in [0, 0.05) is 23.6 Å². The van der Waals surface area contributed by atoms with E-state index in [4.69, 9.17) is 16.1 Å². The summed E-state index contributed by atoms with van der Waals surface area (Å²) in [5.41, 5.74) is 1.93. The van der Waals surface area contributed by atoms with Crippen molar-refractivity contribution in [2.45, 2.75) is 18.2 Å². The minimum atomic E-state index is -3.60. The molecule has 0 amide bonds. The number of aryl methyl sites for hydroxylation is 1. The Labute approximate surface area is 150 Å². The largest absolute Gasteiger partial charge is 0.339 e. The maximum Gasteiger partial charge on any atom is 0.240 e. The molecular weight excluding hydrogens is 362 g/mol. The lowest BCUT2D eigenvalue weighted by molar-refractivity contribution is 0.379. The Morgan fingerprint density at radius 3 is 2.56 bits per heavy atom. The van der Waals surface area contributed by atoms with E-state index in [0.29, 0.717) is 23.2 Å². The third kappa shape index (κ3) is 4.25. The number of aromatic nitrogens is 2. The molecule has 0 atom stereocenters. The van der Waals surface area contributed by atoms with Gasteiger partial charge in [0.15, 0.2) is 0 Å². The van der Waals surface area contributed by atoms with Crippen LogP contribution in [0.4, 0.5) is 0 Å². The quantitative estimate of drug-likeness (QED) is 0.712. The zero-order chi connectivity index (χ0) is 17.9. The maximum absolute atomic E-state index is 12.2. The Balaban J connectivity index is 1.63. The fourth-order valence-electron chi connectivity index (χ4n) is 2.28. The molecule has 3 rings (SSSR count). The molecule has 130 valence electrons. The summed E-state index contributed by atoms with van der Waals surface area (Å²) in [5, 5.41) is 4.43. The van der Waals surface area contributed by atoms with Crippen molar-refractivity contribution in [1.29, 1.82) is 0 Å². The van der Waals surface area contributed by atoms with Crippen LogP contribution in [0.15, 0.2) is 57.9 Å². The van der Waals surface area contributed by atoms with Crippen LogP contribution >= 0.6 is 11.6 Å². The van der Waals surface area contributed by atoms with Gasteiger partial charge in [0.05, 0.1) is 4.90 Å². The molecular formula is C17H16ClN3O3S. The van der Waals surface area contributed by atoms with Crippen molar-refractivity contribution in [1.82, 2.24) is 14.9 Å². The minimum Gasteiger partial charge on any atom is -0.339 e. The lowest BCUT2D eigenvalue weighted by Crippen LogP contribution is -2.26. The molecule has 3 aromatic rings. The molecule has 6 nitrogen and oxygen atoms in total. The maximum atomic E-state index is 12.2. The summed E-state index contributed by atoms with van der Waals surface area (Å²) in [6.07, 6.45) is 0.297. The average molecular weight is 378 g/mol. The molecule has 0 saturated carbocycles. The number of hydrogen-bond acceptors (Lipinski definition) is 5. The van der Waals surface area contributed by atoms with Crippen molar-refractivity contribution in [3.8, 4) is 11.4 Å². The first kappa shape index (κ1) is 17.6. The monoisotopic (exact) mass is 377 g/mol. The summed E-state index contributed by atoms with van der Waals surface area (Å²) in [5.74, 6) is 0.866. The van der Waals surface area contributed by atoms with Crippen LogP contribution in [0.2, 0.25) is 5.02 Å². The van der Waals surface area contributed by atoms with Crippen LogP contribution in [0.25, 0.3) is 11.4 Å². The summed E-state index contributed by atoms with van der Waals surface area (Å²) < 4.78 is 32.1. The Kier molecular flexibility index (Phi) is 5.17. The molecule has 8 heteroatoms. The molecule has 0 fully saturated rings. The predicted molar refractivity (Wildman–Crippen MR) is 94.8 cm³/mol. The minimum absolute atomic E-state index is 0.153. The lowest BCUT2D eigenvalue weighted by atomic mass is 10.1. The number of hydrogen-bond donors (Lipinski definition) is 1. The molecule has 0 unspecified atom stereocenters. The topological polar surface area (TPSA) is 85.1 Å². The van der Waals surface area contributed by atoms with Gasteiger partial charge in [-0.2, -0.15) is 4.98 Å². The van der Waals surface area contributed by atoms with Gasteiger partial charge in [0.25, 0.3) is 0 Å². The van der Waals surface area contributed by atoms with Crippen LogP contribution in [0.3, 0.4) is 0 Å². The average Bonchev–Trinajstić information content (AvgIpc) is 3.04. The van der Waals surface area contributed by atoms with Gasteiger partial charge in [0.2, 0.25) is 21.7 Å². The fourth-order valence-corrected chi connectivity index (χ4v) is 3.44. The van der Waals surface area contributed by atoms with E-state index in [-0.39, 0.29) is 11.4 Å². The van der Waals surface area contributed by atoms with Crippen LogP contribution < -0.4 is 4.72 Å². The second-order valence-corrected chi connectivity index (χ2v) is 7.63. The Bertz CT molecular complexity index is 969. The van der Waals surface area contributed by atoms with Gasteiger partial charge in [-0.3, -0.25) is 0 Å². The summed E-state index contributed by atoms with van der Waals surface area (Å²) in [7, 11) is -3.60. The Hall–Kier alpha value is -2.22. The van der Waals surface area contributed by atoms with Crippen LogP contribution in [0.1, 0.15) is 11.5 Å². The van der Waals surface area contributed by atoms with E-state index in [0.717, 1.165) is 11.1 Å². The second kappa shape index (κ2) is 7.35. The van der Waals surface area contributed by atoms with E-state index in [1.54, 1.807) is 0 Å². The third-order valence-electron chi connectivity index (χ3n) is 3.61. The van der Waals surface area contributed by atoms with Crippen molar-refractivity contribution < 1.29 is 12.9 Å². The van der Waals surface area contributed by atoms with Crippen LogP contribution in [-0.2, 0) is 16.4 Å². The number of halogens is 1. The summed E-state index contributed by atoms with van der Waals surface area (Å²) in [4.78, 5) is 4.47. The molecule has 0 radical (unpaired) electrons. The van der Waals surface area contributed by atoms with E-state index >= 15 is 0 Å². The van der Waals surface area contributed by atoms with Crippen molar-refractivity contribution >= 4 is 21.6 Å². The fraction of sp³-hybridized carbons (Fsp3) is 0.176. The summed E-state index contributed by atoms with van der Waals surface area (Å²) in [6, 6.07) is 13.7. The normalized spacial score (nSPS) is 11.6. The Morgan fingerprint density at radius 1 is 1.12 bits per heavy atom. The number of nitrogens with zero attached hydrogens (tertiary/aromatic N) is 2. The standard InChI is InChI=1S/C17H16ClN3O3S/c1-12-4-2-3-5-15(12)17-20-16(24-21-17)10-11-19-25(22,23)14-8-6-13(18)7-9-14/h2-9,19H,10-11H2,1H3. The van der Waals surface area contributed by atoms with Crippen molar-refractivity contribution in [3.63, 3.8) is 0 Å². The zero-order valence-electron chi connectivity index (χ0n) is 13.4. The zero-order valence-corrected chi connectivity index (χ0v) is 15.0. The van der Waals surface area contributed by atoms with Gasteiger partial charge in [-0.25, -0.2) is 13.1 Å². The van der Waals surface area contributed by atoms with Crippen LogP contribution in [0, 0.1) is 6.92 Å². The van der Waals surface area contributed by atoms with Gasteiger partial charge in [-0.05, 0) is 36.8 Å². The van der Waals surface area contributed by atoms with Crippen molar-refractivity contribution in [2.75, 3.05) is 6.54 Å². The third-order valence-corrected chi connectivity index (χ3v) is 5.34. The molecule has 1 aromatic heterocycles.